The number of rotatable bonds is 2. The number of hydrogen-bond acceptors (Lipinski definition) is 4. The quantitative estimate of drug-likeness (QED) is 0.248. The number of aliphatic imine (C=N–C) groups is 1. The topological polar surface area (TPSA) is 91.3 Å². The fourth-order valence-electron chi connectivity index (χ4n) is 0.353. The van der Waals surface area contributed by atoms with E-state index in [-0.39, 0.29) is 6.54 Å². The van der Waals surface area contributed by atoms with E-state index >= 15 is 0 Å². The van der Waals surface area contributed by atoms with E-state index in [1.165, 1.54) is 11.8 Å². The second-order valence-electron chi connectivity index (χ2n) is 1.53. The molecule has 6 heteroatoms. The van der Waals surface area contributed by atoms with E-state index in [2.05, 4.69) is 10.3 Å². The molecule has 0 heterocycles. The van der Waals surface area contributed by atoms with Gasteiger partial charge in [-0.05, 0) is 6.26 Å². The lowest BCUT2D eigenvalue weighted by atomic mass is 10.6. The molecule has 0 aromatic heterocycles. The highest BCUT2D eigenvalue weighted by Gasteiger charge is 1.95. The third-order valence-corrected chi connectivity index (χ3v) is 1.35. The molecule has 0 aliphatic heterocycles. The molecule has 11 heavy (non-hydrogen) atoms. The summed E-state index contributed by atoms with van der Waals surface area (Å²) in [5, 5.41) is 10.9. The number of amidine groups is 1. The first kappa shape index (κ1) is 9.78. The van der Waals surface area contributed by atoms with Gasteiger partial charge in [0.2, 0.25) is 5.91 Å². The fraction of sp³-hybridized carbons (Fsp3) is 0.400. The zero-order valence-electron chi connectivity index (χ0n) is 6.00. The maximum atomic E-state index is 10.2. The Morgan fingerprint density at radius 1 is 1.91 bits per heavy atom. The zero-order valence-corrected chi connectivity index (χ0v) is 6.81. The second-order valence-corrected chi connectivity index (χ2v) is 2.32. The van der Waals surface area contributed by atoms with Crippen LogP contribution in [0.5, 0.6) is 0 Å². The summed E-state index contributed by atoms with van der Waals surface area (Å²) in [4.78, 5) is 13.9. The van der Waals surface area contributed by atoms with Gasteiger partial charge in [0.1, 0.15) is 6.54 Å². The van der Waals surface area contributed by atoms with Crippen LogP contribution in [0.15, 0.2) is 4.99 Å². The summed E-state index contributed by atoms with van der Waals surface area (Å²) in [6.45, 7) is -0.0924. The molecular formula is C5H8N4OS. The lowest BCUT2D eigenvalue weighted by Gasteiger charge is -1.96. The number of nitriles is 1. The van der Waals surface area contributed by atoms with Crippen molar-refractivity contribution in [3.63, 3.8) is 0 Å². The Kier molecular flexibility index (Phi) is 4.94. The number of primary amides is 1. The summed E-state index contributed by atoms with van der Waals surface area (Å²) in [5.74, 6) is -0.517. The van der Waals surface area contributed by atoms with Crippen molar-refractivity contribution in [1.29, 1.82) is 5.26 Å². The van der Waals surface area contributed by atoms with Crippen LogP contribution in [0, 0.1) is 11.5 Å². The average molecular weight is 172 g/mol. The molecular weight excluding hydrogens is 164 g/mol. The molecule has 0 fully saturated rings. The van der Waals surface area contributed by atoms with Gasteiger partial charge in [0, 0.05) is 0 Å². The van der Waals surface area contributed by atoms with Crippen molar-refractivity contribution in [2.45, 2.75) is 0 Å². The van der Waals surface area contributed by atoms with E-state index in [0.717, 1.165) is 0 Å². The maximum absolute atomic E-state index is 10.2. The first-order valence-electron chi connectivity index (χ1n) is 2.72. The lowest BCUT2D eigenvalue weighted by Crippen LogP contribution is -2.19. The van der Waals surface area contributed by atoms with Crippen LogP contribution in [-0.4, -0.2) is 23.9 Å². The van der Waals surface area contributed by atoms with Crippen LogP contribution in [-0.2, 0) is 4.79 Å². The summed E-state index contributed by atoms with van der Waals surface area (Å²) >= 11 is 1.25. The molecule has 0 aromatic rings. The Morgan fingerprint density at radius 2 is 2.55 bits per heavy atom. The van der Waals surface area contributed by atoms with E-state index in [4.69, 9.17) is 11.0 Å². The Balaban J connectivity index is 3.92. The first-order valence-corrected chi connectivity index (χ1v) is 3.95. The van der Waals surface area contributed by atoms with Crippen molar-refractivity contribution in [1.82, 2.24) is 5.32 Å². The number of nitrogens with two attached hydrogens (primary N) is 1. The Hall–Kier alpha value is -1.22. The third kappa shape index (κ3) is 5.24. The monoisotopic (exact) mass is 172 g/mol. The second kappa shape index (κ2) is 5.56. The zero-order chi connectivity index (χ0) is 8.69. The van der Waals surface area contributed by atoms with E-state index in [1.807, 2.05) is 0 Å². The van der Waals surface area contributed by atoms with E-state index in [9.17, 15) is 4.79 Å². The van der Waals surface area contributed by atoms with Crippen molar-refractivity contribution in [3.05, 3.63) is 0 Å². The van der Waals surface area contributed by atoms with Gasteiger partial charge in [-0.25, -0.2) is 0 Å². The number of hydrogen-bond donors (Lipinski definition) is 2. The number of nitrogens with zero attached hydrogens (tertiary/aromatic N) is 2. The molecule has 0 unspecified atom stereocenters. The van der Waals surface area contributed by atoms with Gasteiger partial charge in [0.25, 0.3) is 0 Å². The highest BCUT2D eigenvalue weighted by Crippen LogP contribution is 1.92. The molecule has 0 bridgehead atoms. The molecule has 0 rings (SSSR count). The maximum Gasteiger partial charge on any atom is 0.239 e. The van der Waals surface area contributed by atoms with Gasteiger partial charge < -0.3 is 5.73 Å². The Labute approximate surface area is 68.7 Å². The van der Waals surface area contributed by atoms with E-state index in [0.29, 0.717) is 5.17 Å². The largest absolute Gasteiger partial charge is 0.368 e. The van der Waals surface area contributed by atoms with Gasteiger partial charge in [-0.3, -0.25) is 15.1 Å². The van der Waals surface area contributed by atoms with Crippen LogP contribution in [0.2, 0.25) is 0 Å². The predicted molar refractivity (Wildman–Crippen MR) is 43.8 cm³/mol. The van der Waals surface area contributed by atoms with Crippen molar-refractivity contribution in [3.8, 4) is 6.19 Å². The van der Waals surface area contributed by atoms with Crippen LogP contribution < -0.4 is 11.1 Å². The van der Waals surface area contributed by atoms with Gasteiger partial charge in [-0.2, -0.15) is 5.26 Å². The molecule has 0 atom stereocenters. The van der Waals surface area contributed by atoms with Crippen molar-refractivity contribution < 1.29 is 4.79 Å². The van der Waals surface area contributed by atoms with Crippen LogP contribution in [0.1, 0.15) is 0 Å². The summed E-state index contributed by atoms with van der Waals surface area (Å²) in [7, 11) is 0. The molecule has 3 N–H and O–H groups in total. The highest BCUT2D eigenvalue weighted by atomic mass is 32.2. The highest BCUT2D eigenvalue weighted by molar-refractivity contribution is 8.13. The molecule has 0 saturated heterocycles. The summed E-state index contributed by atoms with van der Waals surface area (Å²) in [6, 6.07) is 0. The minimum Gasteiger partial charge on any atom is -0.368 e. The number of nitrogens with one attached hydrogen (secondary N) is 1. The molecule has 5 nitrogen and oxygen atoms in total. The van der Waals surface area contributed by atoms with Crippen molar-refractivity contribution in [2.75, 3.05) is 12.8 Å². The molecule has 0 radical (unpaired) electrons. The smallest absolute Gasteiger partial charge is 0.239 e. The Morgan fingerprint density at radius 3 is 2.91 bits per heavy atom. The summed E-state index contributed by atoms with van der Waals surface area (Å²) in [6.07, 6.45) is 3.43. The molecule has 0 aliphatic rings. The number of amides is 1. The first-order chi connectivity index (χ1) is 5.20. The van der Waals surface area contributed by atoms with Gasteiger partial charge >= 0.3 is 0 Å². The average Bonchev–Trinajstić information content (AvgIpc) is 1.97. The minimum atomic E-state index is -0.517. The number of carbonyl (C=O) groups is 1. The summed E-state index contributed by atoms with van der Waals surface area (Å²) < 4.78 is 0. The summed E-state index contributed by atoms with van der Waals surface area (Å²) in [5.41, 5.74) is 4.83. The molecule has 0 saturated carbocycles. The minimum absolute atomic E-state index is 0.0924. The molecule has 0 aromatic carbocycles. The molecule has 1 amide bonds. The van der Waals surface area contributed by atoms with Crippen molar-refractivity contribution >= 4 is 22.8 Å². The normalized spacial score (nSPS) is 10.4. The van der Waals surface area contributed by atoms with Gasteiger partial charge in [-0.15, -0.1) is 0 Å². The third-order valence-electron chi connectivity index (χ3n) is 0.735. The predicted octanol–water partition coefficient (Wildman–Crippen LogP) is -0.739. The molecule has 60 valence electrons. The molecule has 0 spiro atoms. The van der Waals surface area contributed by atoms with Crippen molar-refractivity contribution in [2.24, 2.45) is 10.7 Å². The lowest BCUT2D eigenvalue weighted by molar-refractivity contribution is -0.116. The van der Waals surface area contributed by atoms with Gasteiger partial charge in [0.15, 0.2) is 11.4 Å². The number of carbonyl (C=O) groups excluding carboxylic acids is 1. The van der Waals surface area contributed by atoms with Crippen LogP contribution in [0.3, 0.4) is 0 Å². The standard InChI is InChI=1S/C5H8N4OS/c1-11-5(9-3-6)8-2-4(7)10/h2H2,1H3,(H2,7,10)(H,8,9). The van der Waals surface area contributed by atoms with Gasteiger partial charge in [-0.1, -0.05) is 11.8 Å². The van der Waals surface area contributed by atoms with E-state index in [1.54, 1.807) is 12.4 Å². The Bertz CT molecular complexity index is 207. The van der Waals surface area contributed by atoms with Crippen LogP contribution in [0.4, 0.5) is 0 Å². The van der Waals surface area contributed by atoms with Crippen LogP contribution >= 0.6 is 11.8 Å². The SMILES string of the molecule is CSC(=NCC(N)=O)NC#N. The molecule has 0 aliphatic carbocycles. The van der Waals surface area contributed by atoms with Crippen LogP contribution in [0.25, 0.3) is 0 Å². The van der Waals surface area contributed by atoms with Gasteiger partial charge in [0.05, 0.1) is 0 Å². The van der Waals surface area contributed by atoms with E-state index < -0.39 is 5.91 Å². The fourth-order valence-corrected chi connectivity index (χ4v) is 0.694. The number of thioether (sulfide) groups is 1.